The maximum absolute atomic E-state index is 3.37. The van der Waals surface area contributed by atoms with Crippen molar-refractivity contribution >= 4 is 30.9 Å². The van der Waals surface area contributed by atoms with E-state index in [9.17, 15) is 0 Å². The molecule has 7 rings (SSSR count). The Morgan fingerprint density at radius 1 is 0.870 bits per heavy atom. The summed E-state index contributed by atoms with van der Waals surface area (Å²) < 4.78 is 1.51. The molecule has 3 aromatic carbocycles. The first-order valence-corrected chi connectivity index (χ1v) is 18.4. The normalized spacial score (nSPS) is 21.8. The van der Waals surface area contributed by atoms with Crippen molar-refractivity contribution < 1.29 is 49.0 Å². The van der Waals surface area contributed by atoms with E-state index in [2.05, 4.69) is 142 Å². The Kier molecular flexibility index (Phi) is 13.2. The van der Waals surface area contributed by atoms with E-state index in [0.717, 1.165) is 0 Å². The molecular weight excluding hydrogens is 699 g/mol. The zero-order chi connectivity index (χ0) is 32.0. The first-order valence-electron chi connectivity index (χ1n) is 16.2. The molecule has 0 aliphatic heterocycles. The molecule has 0 saturated carbocycles. The van der Waals surface area contributed by atoms with Gasteiger partial charge in [0, 0.05) is 0 Å². The average molecular weight is 747 g/mol. The quantitative estimate of drug-likeness (QED) is 0.206. The fourth-order valence-corrected chi connectivity index (χ4v) is 8.27. The van der Waals surface area contributed by atoms with Gasteiger partial charge in [-0.15, -0.1) is 22.8 Å². The Bertz CT molecular complexity index is 1770. The van der Waals surface area contributed by atoms with Crippen LogP contribution in [0.2, 0.25) is 0 Å². The van der Waals surface area contributed by atoms with Crippen LogP contribution in [-0.2, 0) is 24.2 Å². The van der Waals surface area contributed by atoms with Crippen LogP contribution in [0.5, 0.6) is 0 Å². The molecular formula is C42H48Cl2SZr-2. The van der Waals surface area contributed by atoms with E-state index in [1.807, 2.05) is 0 Å². The number of allylic oxidation sites excluding steroid dienone is 4. The van der Waals surface area contributed by atoms with E-state index in [1.165, 1.54) is 52.9 Å². The summed E-state index contributed by atoms with van der Waals surface area (Å²) in [6.07, 6.45) is 7.69. The summed E-state index contributed by atoms with van der Waals surface area (Å²) in [5.41, 5.74) is 16.3. The van der Waals surface area contributed by atoms with Gasteiger partial charge in [0.2, 0.25) is 0 Å². The third kappa shape index (κ3) is 7.03. The van der Waals surface area contributed by atoms with Crippen LogP contribution in [0.3, 0.4) is 0 Å². The largest absolute Gasteiger partial charge is 1.00 e. The molecule has 3 aliphatic rings. The third-order valence-electron chi connectivity index (χ3n) is 10.5. The predicted molar refractivity (Wildman–Crippen MR) is 192 cm³/mol. The number of thiophene rings is 1. The Hall–Kier alpha value is -1.70. The van der Waals surface area contributed by atoms with Gasteiger partial charge in [-0.1, -0.05) is 118 Å². The van der Waals surface area contributed by atoms with Crippen molar-refractivity contribution in [3.63, 3.8) is 0 Å². The van der Waals surface area contributed by atoms with Crippen LogP contribution < -0.4 is 24.8 Å². The van der Waals surface area contributed by atoms with E-state index in [0.29, 0.717) is 29.6 Å². The fourth-order valence-electron chi connectivity index (χ4n) is 7.62. The summed E-state index contributed by atoms with van der Waals surface area (Å²) >= 11 is 3.29. The second-order valence-corrected chi connectivity index (χ2v) is 16.8. The molecule has 1 heterocycles. The van der Waals surface area contributed by atoms with Crippen molar-refractivity contribution in [2.24, 2.45) is 17.8 Å². The summed E-state index contributed by atoms with van der Waals surface area (Å²) in [6.45, 7) is 25.5. The zero-order valence-corrected chi connectivity index (χ0v) is 34.1. The molecule has 0 radical (unpaired) electrons. The van der Waals surface area contributed by atoms with E-state index >= 15 is 0 Å². The Balaban J connectivity index is 0.000000283. The molecule has 242 valence electrons. The van der Waals surface area contributed by atoms with Gasteiger partial charge in [-0.25, -0.2) is 0 Å². The van der Waals surface area contributed by atoms with Crippen LogP contribution in [0.4, 0.5) is 0 Å². The van der Waals surface area contributed by atoms with Crippen LogP contribution in [0.25, 0.3) is 27.5 Å². The molecule has 0 bridgehead atoms. The first kappa shape index (κ1) is 38.7. The van der Waals surface area contributed by atoms with Gasteiger partial charge in [-0.05, 0) is 65.3 Å². The molecule has 3 aliphatic carbocycles. The van der Waals surface area contributed by atoms with Gasteiger partial charge in [0.05, 0.1) is 0 Å². The van der Waals surface area contributed by atoms with Crippen LogP contribution in [-0.4, -0.2) is 3.21 Å². The molecule has 0 N–H and O–H groups in total. The number of aryl methyl sites for hydroxylation is 1. The maximum atomic E-state index is 3.37. The topological polar surface area (TPSA) is 0 Å². The van der Waals surface area contributed by atoms with Gasteiger partial charge in [0.1, 0.15) is 0 Å². The van der Waals surface area contributed by atoms with Gasteiger partial charge in [0.25, 0.3) is 0 Å². The van der Waals surface area contributed by atoms with Crippen LogP contribution in [0.1, 0.15) is 112 Å². The fraction of sp³-hybridized carbons (Fsp3) is 0.381. The molecule has 0 nitrogen and oxygen atoms in total. The summed E-state index contributed by atoms with van der Waals surface area (Å²) in [6, 6.07) is 13.8. The Labute approximate surface area is 310 Å². The van der Waals surface area contributed by atoms with Gasteiger partial charge in [0.15, 0.2) is 0 Å². The summed E-state index contributed by atoms with van der Waals surface area (Å²) in [5.74, 6) is 4.43. The molecule has 5 unspecified atom stereocenters. The summed E-state index contributed by atoms with van der Waals surface area (Å²) in [4.78, 5) is 0. The molecule has 0 amide bonds. The van der Waals surface area contributed by atoms with E-state index in [-0.39, 0.29) is 24.8 Å². The van der Waals surface area contributed by atoms with Crippen molar-refractivity contribution in [1.29, 1.82) is 0 Å². The van der Waals surface area contributed by atoms with Crippen molar-refractivity contribution in [1.82, 2.24) is 0 Å². The zero-order valence-electron chi connectivity index (χ0n) is 29.3. The molecule has 5 atom stereocenters. The number of hydrogen-bond acceptors (Lipinski definition) is 1. The Morgan fingerprint density at radius 3 is 2.07 bits per heavy atom. The average Bonchev–Trinajstić information content (AvgIpc) is 3.73. The molecule has 46 heavy (non-hydrogen) atoms. The van der Waals surface area contributed by atoms with Gasteiger partial charge in [-0.3, -0.25) is 0 Å². The smallest absolute Gasteiger partial charge is 0.0264 e. The first-order chi connectivity index (χ1) is 20.8. The van der Waals surface area contributed by atoms with Gasteiger partial charge in [-0.2, -0.15) is 40.5 Å². The minimum absolute atomic E-state index is 0. The van der Waals surface area contributed by atoms with E-state index in [1.54, 1.807) is 63.7 Å². The predicted octanol–water partition coefficient (Wildman–Crippen LogP) is 6.12. The second-order valence-electron chi connectivity index (χ2n) is 13.6. The summed E-state index contributed by atoms with van der Waals surface area (Å²) in [5, 5.41) is 7.18. The monoisotopic (exact) mass is 744 g/mol. The molecule has 1 aromatic heterocycles. The van der Waals surface area contributed by atoms with E-state index in [4.69, 9.17) is 0 Å². The van der Waals surface area contributed by atoms with Gasteiger partial charge < -0.3 is 24.8 Å². The standard InChI is InChI=1S/C29H33.C10H9S.C3H6.2ClH.Zr/c1-14-13-24-25(18(5)15(14)2)21(8)28-27-20(7)17(4)16(3)19(6)26(27)22-11-9-10-12-23(22)29(24)28;1-8-2-3-9(6-8)10-4-5-11-7-10;1-3-2;;;/h9-13,16-17,19,21H,1-8H3;2-5,7-8H,1H3;1-2H3;2*1H;/q2*-1;;;;+2/p-2. The molecule has 4 heteroatoms. The van der Waals surface area contributed by atoms with Crippen molar-refractivity contribution in [3.8, 4) is 11.1 Å². The molecule has 0 spiro atoms. The Morgan fingerprint density at radius 2 is 1.50 bits per heavy atom. The van der Waals surface area contributed by atoms with Crippen molar-refractivity contribution in [2.45, 2.75) is 88.0 Å². The second kappa shape index (κ2) is 15.7. The minimum Gasteiger partial charge on any atom is -1.00 e. The minimum atomic E-state index is 0. The van der Waals surface area contributed by atoms with Gasteiger partial charge >= 0.3 is 41.3 Å². The maximum Gasteiger partial charge on any atom is -0.0264 e. The van der Waals surface area contributed by atoms with E-state index < -0.39 is 0 Å². The molecule has 0 fully saturated rings. The van der Waals surface area contributed by atoms with Crippen molar-refractivity contribution in [2.75, 3.05) is 0 Å². The number of rotatable bonds is 1. The third-order valence-corrected chi connectivity index (χ3v) is 11.2. The van der Waals surface area contributed by atoms with Crippen molar-refractivity contribution in [3.05, 3.63) is 116 Å². The number of fused-ring (bicyclic) bond motifs is 8. The summed E-state index contributed by atoms with van der Waals surface area (Å²) in [7, 11) is 0. The van der Waals surface area contributed by atoms with Crippen LogP contribution in [0.15, 0.2) is 59.3 Å². The number of halogens is 2. The van der Waals surface area contributed by atoms with Crippen LogP contribution >= 0.6 is 11.3 Å². The molecule has 4 aromatic rings. The SMILES string of the molecule is CC1[C-]=C(c2ccsc2)C=C1.C[C](C)=[Zr+2].Cc1cc2c(c(C)c1C)C(C)c1c3c(c4ccccc4c1-2)C(C)C(C)C(C)[C-]3C.[Cl-].[Cl-]. The van der Waals surface area contributed by atoms with Crippen LogP contribution in [0, 0.1) is 50.5 Å². The number of benzene rings is 3. The molecule has 0 saturated heterocycles. The number of hydrogen-bond donors (Lipinski definition) is 0.